The fraction of sp³-hybridized carbons (Fsp3) is 0.143. The van der Waals surface area contributed by atoms with Crippen LogP contribution in [-0.2, 0) is 5.41 Å². The zero-order valence-electron chi connectivity index (χ0n) is 13.9. The molecule has 0 saturated carbocycles. The number of nitrogens with zero attached hydrogens (tertiary/aromatic N) is 1. The fourth-order valence-corrected chi connectivity index (χ4v) is 3.68. The van der Waals surface area contributed by atoms with E-state index in [0.29, 0.717) is 0 Å². The summed E-state index contributed by atoms with van der Waals surface area (Å²) < 4.78 is 0. The minimum Gasteiger partial charge on any atom is -0.310 e. The molecule has 112 valence electrons. The molecule has 0 spiro atoms. The Morgan fingerprint density at radius 2 is 1.39 bits per heavy atom. The summed E-state index contributed by atoms with van der Waals surface area (Å²) in [6.07, 6.45) is 0. The van der Waals surface area contributed by atoms with Crippen molar-refractivity contribution in [3.63, 3.8) is 0 Å². The number of hydrogen-bond acceptors (Lipinski definition) is 1. The van der Waals surface area contributed by atoms with Crippen LogP contribution in [0.2, 0.25) is 0 Å². The van der Waals surface area contributed by atoms with Crippen LogP contribution in [0, 0.1) is 0 Å². The first-order valence-corrected chi connectivity index (χ1v) is 8.15. The molecule has 2 heteroatoms. The molecule has 0 bridgehead atoms. The molecule has 4 rings (SSSR count). The summed E-state index contributed by atoms with van der Waals surface area (Å²) in [7, 11) is 2.16. The van der Waals surface area contributed by atoms with Gasteiger partial charge in [-0.2, -0.15) is 0 Å². The van der Waals surface area contributed by atoms with Gasteiger partial charge in [-0.1, -0.05) is 67.8 Å². The highest BCUT2D eigenvalue weighted by Crippen LogP contribution is 2.51. The van der Waals surface area contributed by atoms with Crippen molar-refractivity contribution in [2.75, 3.05) is 4.90 Å². The number of anilines is 3. The lowest BCUT2D eigenvalue weighted by Gasteiger charge is -2.42. The molecule has 1 aliphatic heterocycles. The molecule has 0 aliphatic carbocycles. The van der Waals surface area contributed by atoms with Gasteiger partial charge in [0.25, 0.3) is 0 Å². The van der Waals surface area contributed by atoms with Crippen LogP contribution in [0.1, 0.15) is 25.0 Å². The van der Waals surface area contributed by atoms with Crippen LogP contribution in [0.4, 0.5) is 17.1 Å². The number of para-hydroxylation sites is 2. The molecule has 0 radical (unpaired) electrons. The molecule has 3 aromatic rings. The molecule has 0 amide bonds. The van der Waals surface area contributed by atoms with Gasteiger partial charge in [0.1, 0.15) is 7.85 Å². The number of benzene rings is 3. The van der Waals surface area contributed by atoms with Crippen LogP contribution in [0.3, 0.4) is 0 Å². The summed E-state index contributed by atoms with van der Waals surface area (Å²) in [6, 6.07) is 26.2. The highest BCUT2D eigenvalue weighted by Gasteiger charge is 2.36. The average molecular weight is 297 g/mol. The third kappa shape index (κ3) is 2.09. The first-order valence-electron chi connectivity index (χ1n) is 8.15. The van der Waals surface area contributed by atoms with Gasteiger partial charge in [-0.15, -0.1) is 0 Å². The highest BCUT2D eigenvalue weighted by atomic mass is 15.2. The van der Waals surface area contributed by atoms with Gasteiger partial charge in [-0.3, -0.25) is 0 Å². The van der Waals surface area contributed by atoms with Gasteiger partial charge < -0.3 is 4.90 Å². The van der Waals surface area contributed by atoms with Crippen LogP contribution < -0.4 is 10.4 Å². The first kappa shape index (κ1) is 14.1. The van der Waals surface area contributed by atoms with E-state index >= 15 is 0 Å². The maximum atomic E-state index is 2.39. The fourth-order valence-electron chi connectivity index (χ4n) is 3.68. The summed E-state index contributed by atoms with van der Waals surface area (Å²) in [5.74, 6) is 0. The van der Waals surface area contributed by atoms with Gasteiger partial charge >= 0.3 is 0 Å². The van der Waals surface area contributed by atoms with E-state index in [4.69, 9.17) is 0 Å². The molecule has 0 aromatic heterocycles. The summed E-state index contributed by atoms with van der Waals surface area (Å²) >= 11 is 0. The van der Waals surface area contributed by atoms with Crippen LogP contribution in [0.15, 0.2) is 72.8 Å². The molecule has 0 fully saturated rings. The molecular weight excluding hydrogens is 277 g/mol. The lowest BCUT2D eigenvalue weighted by Crippen LogP contribution is -2.31. The van der Waals surface area contributed by atoms with Crippen molar-refractivity contribution in [2.45, 2.75) is 19.3 Å². The van der Waals surface area contributed by atoms with Gasteiger partial charge in [0.05, 0.1) is 5.69 Å². The van der Waals surface area contributed by atoms with Crippen molar-refractivity contribution in [3.05, 3.63) is 83.9 Å². The Kier molecular flexibility index (Phi) is 3.09. The summed E-state index contributed by atoms with van der Waals surface area (Å²) in [5, 5.41) is 0. The van der Waals surface area contributed by atoms with E-state index in [-0.39, 0.29) is 5.41 Å². The number of rotatable bonds is 1. The Hall–Kier alpha value is -2.48. The Bertz CT molecular complexity index is 868. The lowest BCUT2D eigenvalue weighted by atomic mass is 9.72. The van der Waals surface area contributed by atoms with E-state index < -0.39 is 0 Å². The predicted molar refractivity (Wildman–Crippen MR) is 101 cm³/mol. The van der Waals surface area contributed by atoms with Crippen LogP contribution in [0.25, 0.3) is 0 Å². The molecule has 0 atom stereocenters. The van der Waals surface area contributed by atoms with Gasteiger partial charge in [-0.05, 0) is 35.4 Å². The van der Waals surface area contributed by atoms with E-state index in [2.05, 4.69) is 99.4 Å². The topological polar surface area (TPSA) is 3.24 Å². The summed E-state index contributed by atoms with van der Waals surface area (Å²) in [6.45, 7) is 4.64. The van der Waals surface area contributed by atoms with Crippen molar-refractivity contribution in [1.29, 1.82) is 0 Å². The van der Waals surface area contributed by atoms with Crippen molar-refractivity contribution in [1.82, 2.24) is 0 Å². The Labute approximate surface area is 139 Å². The number of fused-ring (bicyclic) bond motifs is 2. The van der Waals surface area contributed by atoms with E-state index in [1.54, 1.807) is 0 Å². The van der Waals surface area contributed by atoms with Crippen molar-refractivity contribution >= 4 is 30.4 Å². The van der Waals surface area contributed by atoms with Gasteiger partial charge in [-0.25, -0.2) is 0 Å². The monoisotopic (exact) mass is 297 g/mol. The van der Waals surface area contributed by atoms with Crippen LogP contribution >= 0.6 is 0 Å². The lowest BCUT2D eigenvalue weighted by molar-refractivity contribution is 0.632. The quantitative estimate of drug-likeness (QED) is 0.612. The molecule has 0 saturated heterocycles. The molecule has 0 unspecified atom stereocenters. The molecule has 1 nitrogen and oxygen atoms in total. The SMILES string of the molecule is Bc1ccc2c(c1)N(c1ccccc1)c1ccccc1C2(C)C. The minimum atomic E-state index is 0.00487. The first-order chi connectivity index (χ1) is 11.1. The van der Waals surface area contributed by atoms with E-state index in [0.717, 1.165) is 0 Å². The largest absolute Gasteiger partial charge is 0.310 e. The predicted octanol–water partition coefficient (Wildman–Crippen LogP) is 4.05. The summed E-state index contributed by atoms with van der Waals surface area (Å²) in [5.41, 5.74) is 7.83. The minimum absolute atomic E-state index is 0.00487. The van der Waals surface area contributed by atoms with E-state index in [1.807, 2.05) is 0 Å². The smallest absolute Gasteiger partial charge is 0.139 e. The molecule has 3 aromatic carbocycles. The van der Waals surface area contributed by atoms with Gasteiger partial charge in [0, 0.05) is 16.8 Å². The van der Waals surface area contributed by atoms with E-state index in [9.17, 15) is 0 Å². The second kappa shape index (κ2) is 5.02. The summed E-state index contributed by atoms with van der Waals surface area (Å²) in [4.78, 5) is 2.39. The zero-order chi connectivity index (χ0) is 16.0. The Morgan fingerprint density at radius 3 is 2.17 bits per heavy atom. The molecule has 0 N–H and O–H groups in total. The average Bonchev–Trinajstić information content (AvgIpc) is 2.56. The molecule has 1 aliphatic rings. The Balaban J connectivity index is 2.06. The third-order valence-corrected chi connectivity index (χ3v) is 4.90. The maximum absolute atomic E-state index is 2.39. The van der Waals surface area contributed by atoms with E-state index in [1.165, 1.54) is 33.7 Å². The third-order valence-electron chi connectivity index (χ3n) is 4.90. The highest BCUT2D eigenvalue weighted by molar-refractivity contribution is 6.32. The molecular formula is C21H20BN. The maximum Gasteiger partial charge on any atom is 0.139 e. The zero-order valence-corrected chi connectivity index (χ0v) is 13.9. The second-order valence-electron chi connectivity index (χ2n) is 6.83. The van der Waals surface area contributed by atoms with Crippen molar-refractivity contribution in [2.24, 2.45) is 0 Å². The second-order valence-corrected chi connectivity index (χ2v) is 6.83. The standard InChI is InChI=1S/C21H20BN/c1-21(2)17-10-6-7-11-19(17)23(16-8-4-3-5-9-16)20-14-15(22)12-13-18(20)21/h3-14H,22H2,1-2H3. The van der Waals surface area contributed by atoms with Crippen LogP contribution in [0.5, 0.6) is 0 Å². The van der Waals surface area contributed by atoms with Gasteiger partial charge in [0.2, 0.25) is 0 Å². The molecule has 23 heavy (non-hydrogen) atoms. The van der Waals surface area contributed by atoms with Gasteiger partial charge in [0.15, 0.2) is 0 Å². The molecule has 1 heterocycles. The normalized spacial score (nSPS) is 15.0. The van der Waals surface area contributed by atoms with Crippen molar-refractivity contribution < 1.29 is 0 Å². The number of hydrogen-bond donors (Lipinski definition) is 0. The van der Waals surface area contributed by atoms with Crippen molar-refractivity contribution in [3.8, 4) is 0 Å². The Morgan fingerprint density at radius 1 is 0.739 bits per heavy atom. The van der Waals surface area contributed by atoms with Crippen LogP contribution in [-0.4, -0.2) is 7.85 Å².